The van der Waals surface area contributed by atoms with Crippen molar-refractivity contribution in [2.75, 3.05) is 32.5 Å². The molecule has 0 aliphatic carbocycles. The topological polar surface area (TPSA) is 123 Å². The average Bonchev–Trinajstić information content (AvgIpc) is 3.24. The number of ether oxygens (including phenoxy) is 1. The van der Waals surface area contributed by atoms with Crippen molar-refractivity contribution in [1.82, 2.24) is 28.1 Å². The first-order valence-electron chi connectivity index (χ1n) is 11.1. The molecule has 1 fully saturated rings. The molecule has 3 rings (SSSR count). The molecular formula is C21H30F3N7O4S. The number of hydrogen-bond donors (Lipinski definition) is 1. The van der Waals surface area contributed by atoms with E-state index in [1.54, 1.807) is 25.7 Å². The SMILES string of the molecule is C[C@@H]1CN(C(=O)OC(C)(C)C)CC[C@@H]1Nc1ncc(C(F)(F)F)c(-c2cn(S(=O)(=O)N(C)C)cn2)n1. The standard InChI is InChI=1S/C21H30F3N7O4S/c1-13-10-30(19(32)35-20(2,3)4)8-7-15(13)27-18-25-9-14(21(22,23)24)17(28-18)16-11-31(12-26-16)36(33,34)29(5)6/h9,11-13,15H,7-8,10H2,1-6H3,(H,25,27,28)/t13-,15+/m1/s1. The van der Waals surface area contributed by atoms with Gasteiger partial charge in [-0.1, -0.05) is 6.92 Å². The van der Waals surface area contributed by atoms with Gasteiger partial charge in [0.25, 0.3) is 0 Å². The molecule has 200 valence electrons. The second-order valence-corrected chi connectivity index (χ2v) is 11.8. The van der Waals surface area contributed by atoms with Crippen LogP contribution in [-0.4, -0.2) is 81.5 Å². The molecule has 1 aliphatic rings. The van der Waals surface area contributed by atoms with Crippen LogP contribution < -0.4 is 5.32 Å². The number of hydrogen-bond acceptors (Lipinski definition) is 8. The van der Waals surface area contributed by atoms with Crippen molar-refractivity contribution in [3.63, 3.8) is 0 Å². The molecule has 0 spiro atoms. The molecule has 1 saturated heterocycles. The van der Waals surface area contributed by atoms with E-state index in [0.29, 0.717) is 29.7 Å². The first-order chi connectivity index (χ1) is 16.5. The maximum atomic E-state index is 13.7. The fourth-order valence-corrected chi connectivity index (χ4v) is 4.39. The minimum Gasteiger partial charge on any atom is -0.444 e. The van der Waals surface area contributed by atoms with Crippen molar-refractivity contribution < 1.29 is 31.1 Å². The fourth-order valence-electron chi connectivity index (χ4n) is 3.62. The Hall–Kier alpha value is -2.94. The van der Waals surface area contributed by atoms with Crippen LogP contribution in [0.3, 0.4) is 0 Å². The predicted molar refractivity (Wildman–Crippen MR) is 125 cm³/mol. The minimum absolute atomic E-state index is 0.0643. The molecule has 0 saturated carbocycles. The monoisotopic (exact) mass is 533 g/mol. The lowest BCUT2D eigenvalue weighted by Gasteiger charge is -2.37. The molecule has 0 bridgehead atoms. The highest BCUT2D eigenvalue weighted by molar-refractivity contribution is 7.87. The normalized spacial score (nSPS) is 19.4. The summed E-state index contributed by atoms with van der Waals surface area (Å²) in [5.74, 6) is -0.143. The van der Waals surface area contributed by atoms with Crippen molar-refractivity contribution >= 4 is 22.3 Å². The van der Waals surface area contributed by atoms with E-state index in [1.807, 2.05) is 6.92 Å². The summed E-state index contributed by atoms with van der Waals surface area (Å²) >= 11 is 0. The van der Waals surface area contributed by atoms with Crippen molar-refractivity contribution in [1.29, 1.82) is 0 Å². The third kappa shape index (κ3) is 6.24. The summed E-state index contributed by atoms with van der Waals surface area (Å²) in [6.07, 6.45) is -2.19. The first-order valence-corrected chi connectivity index (χ1v) is 12.5. The van der Waals surface area contributed by atoms with Crippen LogP contribution in [0.15, 0.2) is 18.7 Å². The van der Waals surface area contributed by atoms with Crippen LogP contribution in [0, 0.1) is 5.92 Å². The number of anilines is 1. The number of halogens is 3. The van der Waals surface area contributed by atoms with Gasteiger partial charge in [0.15, 0.2) is 0 Å². The molecule has 2 aromatic heterocycles. The van der Waals surface area contributed by atoms with Crippen LogP contribution in [0.5, 0.6) is 0 Å². The second kappa shape index (κ2) is 9.84. The maximum Gasteiger partial charge on any atom is 0.420 e. The Labute approximate surface area is 207 Å². The molecule has 2 atom stereocenters. The van der Waals surface area contributed by atoms with Gasteiger partial charge in [0, 0.05) is 39.4 Å². The van der Waals surface area contributed by atoms with E-state index in [2.05, 4.69) is 20.3 Å². The number of imidazole rings is 1. The Kier molecular flexibility index (Phi) is 7.56. The Bertz CT molecular complexity index is 1210. The third-order valence-electron chi connectivity index (χ3n) is 5.50. The van der Waals surface area contributed by atoms with E-state index in [9.17, 15) is 26.4 Å². The smallest absolute Gasteiger partial charge is 0.420 e. The van der Waals surface area contributed by atoms with Crippen LogP contribution in [-0.2, 0) is 21.1 Å². The van der Waals surface area contributed by atoms with Gasteiger partial charge < -0.3 is 15.0 Å². The molecular weight excluding hydrogens is 503 g/mol. The average molecular weight is 534 g/mol. The molecule has 0 aromatic carbocycles. The highest BCUT2D eigenvalue weighted by atomic mass is 32.2. The summed E-state index contributed by atoms with van der Waals surface area (Å²) in [6.45, 7) is 8.00. The molecule has 11 nitrogen and oxygen atoms in total. The number of aromatic nitrogens is 4. The number of nitrogens with zero attached hydrogens (tertiary/aromatic N) is 6. The van der Waals surface area contributed by atoms with Crippen LogP contribution in [0.2, 0.25) is 0 Å². The molecule has 15 heteroatoms. The van der Waals surface area contributed by atoms with Crippen LogP contribution in [0.4, 0.5) is 23.9 Å². The maximum absolute atomic E-state index is 13.7. The highest BCUT2D eigenvalue weighted by Crippen LogP contribution is 2.36. The number of piperidine rings is 1. The van der Waals surface area contributed by atoms with E-state index in [-0.39, 0.29) is 23.6 Å². The lowest BCUT2D eigenvalue weighted by Crippen LogP contribution is -2.49. The van der Waals surface area contributed by atoms with E-state index in [4.69, 9.17) is 4.74 Å². The number of carbonyl (C=O) groups excluding carboxylic acids is 1. The molecule has 1 N–H and O–H groups in total. The molecule has 0 radical (unpaired) electrons. The number of rotatable bonds is 5. The van der Waals surface area contributed by atoms with Gasteiger partial charge in [0.2, 0.25) is 5.95 Å². The van der Waals surface area contributed by atoms with Gasteiger partial charge in [0.05, 0.1) is 6.20 Å². The third-order valence-corrected chi connectivity index (χ3v) is 7.15. The summed E-state index contributed by atoms with van der Waals surface area (Å²) in [6, 6.07) is -0.222. The van der Waals surface area contributed by atoms with E-state index < -0.39 is 39.3 Å². The number of alkyl halides is 3. The summed E-state index contributed by atoms with van der Waals surface area (Å²) in [7, 11) is -1.39. The minimum atomic E-state index is -4.79. The van der Waals surface area contributed by atoms with E-state index >= 15 is 0 Å². The number of amides is 1. The van der Waals surface area contributed by atoms with Gasteiger partial charge >= 0.3 is 22.5 Å². The molecule has 3 heterocycles. The molecule has 1 aliphatic heterocycles. The lowest BCUT2D eigenvalue weighted by atomic mass is 9.94. The number of carbonyl (C=O) groups is 1. The van der Waals surface area contributed by atoms with Crippen LogP contribution >= 0.6 is 0 Å². The Balaban J connectivity index is 1.84. The summed E-state index contributed by atoms with van der Waals surface area (Å²) in [4.78, 5) is 25.7. The molecule has 2 aromatic rings. The lowest BCUT2D eigenvalue weighted by molar-refractivity contribution is -0.137. The second-order valence-electron chi connectivity index (χ2n) is 9.78. The zero-order valence-corrected chi connectivity index (χ0v) is 21.7. The Morgan fingerprint density at radius 2 is 1.89 bits per heavy atom. The van der Waals surface area contributed by atoms with Crippen molar-refractivity contribution in [2.45, 2.75) is 51.9 Å². The number of nitrogens with one attached hydrogen (secondary N) is 1. The largest absolute Gasteiger partial charge is 0.444 e. The summed E-state index contributed by atoms with van der Waals surface area (Å²) < 4.78 is 72.7. The fraction of sp³-hybridized carbons (Fsp3) is 0.619. The summed E-state index contributed by atoms with van der Waals surface area (Å²) in [5.41, 5.74) is -2.59. The predicted octanol–water partition coefficient (Wildman–Crippen LogP) is 3.07. The van der Waals surface area contributed by atoms with Gasteiger partial charge in [-0.2, -0.15) is 25.9 Å². The Morgan fingerprint density at radius 1 is 1.22 bits per heavy atom. The van der Waals surface area contributed by atoms with Crippen LogP contribution in [0.1, 0.15) is 39.7 Å². The molecule has 36 heavy (non-hydrogen) atoms. The van der Waals surface area contributed by atoms with E-state index in [1.165, 1.54) is 14.1 Å². The Morgan fingerprint density at radius 3 is 2.44 bits per heavy atom. The van der Waals surface area contributed by atoms with Crippen LogP contribution in [0.25, 0.3) is 11.4 Å². The van der Waals surface area contributed by atoms with Gasteiger partial charge in [-0.3, -0.25) is 0 Å². The van der Waals surface area contributed by atoms with Gasteiger partial charge in [0.1, 0.15) is 28.9 Å². The zero-order valence-electron chi connectivity index (χ0n) is 20.9. The molecule has 0 unspecified atom stereocenters. The van der Waals surface area contributed by atoms with Crippen molar-refractivity contribution in [3.8, 4) is 11.4 Å². The van der Waals surface area contributed by atoms with Crippen molar-refractivity contribution in [2.24, 2.45) is 5.92 Å². The first kappa shape index (κ1) is 27.6. The zero-order chi connectivity index (χ0) is 27.1. The van der Waals surface area contributed by atoms with Gasteiger partial charge in [-0.25, -0.2) is 23.7 Å². The van der Waals surface area contributed by atoms with Gasteiger partial charge in [-0.15, -0.1) is 0 Å². The highest BCUT2D eigenvalue weighted by Gasteiger charge is 2.37. The van der Waals surface area contributed by atoms with Crippen molar-refractivity contribution in [3.05, 3.63) is 24.3 Å². The van der Waals surface area contributed by atoms with E-state index in [0.717, 1.165) is 16.8 Å². The molecule has 1 amide bonds. The van der Waals surface area contributed by atoms with Gasteiger partial charge in [-0.05, 0) is 33.1 Å². The number of likely N-dealkylation sites (tertiary alicyclic amines) is 1. The quantitative estimate of drug-likeness (QED) is 0.622. The summed E-state index contributed by atoms with van der Waals surface area (Å²) in [5, 5.41) is 3.05.